The highest BCUT2D eigenvalue weighted by atomic mass is 35.5. The van der Waals surface area contributed by atoms with Gasteiger partial charge in [0.05, 0.1) is 28.2 Å². The van der Waals surface area contributed by atoms with Crippen LogP contribution in [0.2, 0.25) is 5.02 Å². The number of nitrogens with zero attached hydrogens (tertiary/aromatic N) is 1. The van der Waals surface area contributed by atoms with Gasteiger partial charge in [-0.3, -0.25) is 9.78 Å². The molecule has 5 heteroatoms. The molecule has 2 aromatic carbocycles. The van der Waals surface area contributed by atoms with Crippen LogP contribution in [0.15, 0.2) is 67.0 Å². The van der Waals surface area contributed by atoms with Crippen LogP contribution >= 0.6 is 11.6 Å². The van der Waals surface area contributed by atoms with Gasteiger partial charge in [-0.25, -0.2) is 0 Å². The zero-order valence-electron chi connectivity index (χ0n) is 13.1. The zero-order valence-corrected chi connectivity index (χ0v) is 13.8. The monoisotopic (exact) mass is 337 g/mol. The second-order valence-corrected chi connectivity index (χ2v) is 5.80. The van der Waals surface area contributed by atoms with Gasteiger partial charge in [-0.2, -0.15) is 0 Å². The normalized spacial score (nSPS) is 10.2. The highest BCUT2D eigenvalue weighted by Crippen LogP contribution is 2.22. The molecule has 0 aliphatic heterocycles. The van der Waals surface area contributed by atoms with Crippen molar-refractivity contribution >= 4 is 34.6 Å². The van der Waals surface area contributed by atoms with E-state index in [0.717, 1.165) is 16.9 Å². The number of nitrogens with one attached hydrogen (secondary N) is 2. The van der Waals surface area contributed by atoms with Crippen molar-refractivity contribution in [3.63, 3.8) is 0 Å². The lowest BCUT2D eigenvalue weighted by Gasteiger charge is -2.10. The van der Waals surface area contributed by atoms with Crippen LogP contribution in [0.4, 0.5) is 17.1 Å². The van der Waals surface area contributed by atoms with Crippen molar-refractivity contribution in [1.29, 1.82) is 0 Å². The second-order valence-electron chi connectivity index (χ2n) is 5.39. The third-order valence-electron chi connectivity index (χ3n) is 3.43. The van der Waals surface area contributed by atoms with E-state index in [2.05, 4.69) is 15.6 Å². The van der Waals surface area contributed by atoms with E-state index in [4.69, 9.17) is 11.6 Å². The number of para-hydroxylation sites is 1. The van der Waals surface area contributed by atoms with Gasteiger partial charge in [-0.1, -0.05) is 35.9 Å². The van der Waals surface area contributed by atoms with E-state index in [1.807, 2.05) is 43.3 Å². The summed E-state index contributed by atoms with van der Waals surface area (Å²) in [6.07, 6.45) is 3.20. The van der Waals surface area contributed by atoms with Gasteiger partial charge in [0.15, 0.2) is 0 Å². The van der Waals surface area contributed by atoms with E-state index < -0.39 is 0 Å². The summed E-state index contributed by atoms with van der Waals surface area (Å²) in [6.45, 7) is 2.02. The Hall–Kier alpha value is -2.85. The first kappa shape index (κ1) is 16.0. The molecule has 3 aromatic rings. The second kappa shape index (κ2) is 7.15. The van der Waals surface area contributed by atoms with Crippen LogP contribution in [-0.2, 0) is 0 Å². The maximum Gasteiger partial charge on any atom is 0.257 e. The first-order valence-corrected chi connectivity index (χ1v) is 7.84. The van der Waals surface area contributed by atoms with Crippen LogP contribution < -0.4 is 10.6 Å². The molecule has 3 rings (SSSR count). The fourth-order valence-corrected chi connectivity index (χ4v) is 2.46. The van der Waals surface area contributed by atoms with Crippen LogP contribution in [0.1, 0.15) is 15.9 Å². The minimum Gasteiger partial charge on any atom is -0.354 e. The van der Waals surface area contributed by atoms with E-state index in [1.165, 1.54) is 6.20 Å². The van der Waals surface area contributed by atoms with Crippen LogP contribution in [0.25, 0.3) is 0 Å². The third-order valence-corrected chi connectivity index (χ3v) is 3.76. The number of hydrogen-bond acceptors (Lipinski definition) is 3. The molecule has 0 atom stereocenters. The van der Waals surface area contributed by atoms with Gasteiger partial charge >= 0.3 is 0 Å². The van der Waals surface area contributed by atoms with Crippen LogP contribution in [0.5, 0.6) is 0 Å². The number of rotatable bonds is 4. The Morgan fingerprint density at radius 1 is 1.00 bits per heavy atom. The van der Waals surface area contributed by atoms with Crippen molar-refractivity contribution < 1.29 is 4.79 Å². The predicted molar refractivity (Wildman–Crippen MR) is 98.1 cm³/mol. The Balaban J connectivity index is 1.77. The lowest BCUT2D eigenvalue weighted by molar-refractivity contribution is 0.102. The van der Waals surface area contributed by atoms with E-state index >= 15 is 0 Å². The van der Waals surface area contributed by atoms with Crippen LogP contribution in [0, 0.1) is 6.92 Å². The molecule has 0 bridgehead atoms. The zero-order chi connectivity index (χ0) is 16.9. The average Bonchev–Trinajstić information content (AvgIpc) is 2.57. The Labute approximate surface area is 145 Å². The molecule has 0 saturated heterocycles. The smallest absolute Gasteiger partial charge is 0.257 e. The van der Waals surface area contributed by atoms with Gasteiger partial charge in [0.25, 0.3) is 5.91 Å². The Morgan fingerprint density at radius 3 is 2.62 bits per heavy atom. The third kappa shape index (κ3) is 3.91. The summed E-state index contributed by atoms with van der Waals surface area (Å²) >= 11 is 6.07. The molecule has 0 aliphatic rings. The first-order chi connectivity index (χ1) is 11.6. The lowest BCUT2D eigenvalue weighted by Crippen LogP contribution is -2.12. The molecule has 120 valence electrons. The average molecular weight is 338 g/mol. The number of anilines is 3. The maximum atomic E-state index is 12.4. The molecule has 0 unspecified atom stereocenters. The lowest BCUT2D eigenvalue weighted by atomic mass is 10.2. The number of carbonyl (C=O) groups is 1. The van der Waals surface area contributed by atoms with Crippen molar-refractivity contribution in [1.82, 2.24) is 4.98 Å². The fourth-order valence-electron chi connectivity index (χ4n) is 2.28. The number of pyridine rings is 1. The SMILES string of the molecule is Cc1cccc(Nc2cncc(C(=O)Nc3ccccc3Cl)c2)c1. The number of amides is 1. The van der Waals surface area contributed by atoms with E-state index in [0.29, 0.717) is 16.3 Å². The Morgan fingerprint density at radius 2 is 1.83 bits per heavy atom. The van der Waals surface area contributed by atoms with Crippen LogP contribution in [0.3, 0.4) is 0 Å². The van der Waals surface area contributed by atoms with Gasteiger partial charge in [0.2, 0.25) is 0 Å². The van der Waals surface area contributed by atoms with Crippen molar-refractivity contribution in [3.8, 4) is 0 Å². The van der Waals surface area contributed by atoms with Crippen molar-refractivity contribution in [3.05, 3.63) is 83.1 Å². The molecule has 0 aliphatic carbocycles. The Bertz CT molecular complexity index is 880. The predicted octanol–water partition coefficient (Wildman–Crippen LogP) is 5.04. The van der Waals surface area contributed by atoms with E-state index in [1.54, 1.807) is 24.4 Å². The summed E-state index contributed by atoms with van der Waals surface area (Å²) in [5.74, 6) is -0.261. The minimum atomic E-state index is -0.261. The summed E-state index contributed by atoms with van der Waals surface area (Å²) in [5, 5.41) is 6.53. The van der Waals surface area contributed by atoms with Gasteiger partial charge in [0.1, 0.15) is 0 Å². The number of benzene rings is 2. The number of halogens is 1. The van der Waals surface area contributed by atoms with Crippen molar-refractivity contribution in [2.45, 2.75) is 6.92 Å². The largest absolute Gasteiger partial charge is 0.354 e. The first-order valence-electron chi connectivity index (χ1n) is 7.46. The molecule has 0 radical (unpaired) electrons. The number of aryl methyl sites for hydroxylation is 1. The summed E-state index contributed by atoms with van der Waals surface area (Å²) in [4.78, 5) is 16.5. The molecular weight excluding hydrogens is 322 g/mol. The molecular formula is C19H16ClN3O. The number of carbonyl (C=O) groups excluding carboxylic acids is 1. The van der Waals surface area contributed by atoms with Crippen LogP contribution in [-0.4, -0.2) is 10.9 Å². The maximum absolute atomic E-state index is 12.4. The van der Waals surface area contributed by atoms with Gasteiger partial charge in [0, 0.05) is 11.9 Å². The van der Waals surface area contributed by atoms with Crippen molar-refractivity contribution in [2.75, 3.05) is 10.6 Å². The van der Waals surface area contributed by atoms with Gasteiger partial charge < -0.3 is 10.6 Å². The number of hydrogen-bond donors (Lipinski definition) is 2. The number of aromatic nitrogens is 1. The topological polar surface area (TPSA) is 54.0 Å². The van der Waals surface area contributed by atoms with Crippen molar-refractivity contribution in [2.24, 2.45) is 0 Å². The Kier molecular flexibility index (Phi) is 4.77. The quantitative estimate of drug-likeness (QED) is 0.701. The molecule has 1 heterocycles. The molecule has 24 heavy (non-hydrogen) atoms. The molecule has 0 fully saturated rings. The highest BCUT2D eigenvalue weighted by Gasteiger charge is 2.09. The molecule has 1 amide bonds. The molecule has 0 saturated carbocycles. The summed E-state index contributed by atoms with van der Waals surface area (Å²) in [7, 11) is 0. The molecule has 0 spiro atoms. The fraction of sp³-hybridized carbons (Fsp3) is 0.0526. The summed E-state index contributed by atoms with van der Waals surface area (Å²) < 4.78 is 0. The molecule has 2 N–H and O–H groups in total. The molecule has 1 aromatic heterocycles. The molecule has 4 nitrogen and oxygen atoms in total. The standard InChI is InChI=1S/C19H16ClN3O/c1-13-5-4-6-15(9-13)22-16-10-14(11-21-12-16)19(24)23-18-8-3-2-7-17(18)20/h2-12,22H,1H3,(H,23,24). The van der Waals surface area contributed by atoms with Gasteiger partial charge in [-0.05, 0) is 42.8 Å². The highest BCUT2D eigenvalue weighted by molar-refractivity contribution is 6.33. The van der Waals surface area contributed by atoms with Gasteiger partial charge in [-0.15, -0.1) is 0 Å². The van der Waals surface area contributed by atoms with E-state index in [9.17, 15) is 4.79 Å². The van der Waals surface area contributed by atoms with E-state index in [-0.39, 0.29) is 5.91 Å². The summed E-state index contributed by atoms with van der Waals surface area (Å²) in [6, 6.07) is 16.8. The summed E-state index contributed by atoms with van der Waals surface area (Å²) in [5.41, 5.74) is 3.86. The minimum absolute atomic E-state index is 0.261.